The summed E-state index contributed by atoms with van der Waals surface area (Å²) in [5.74, 6) is 0.542. The number of aliphatic hydroxyl groups is 1. The van der Waals surface area contributed by atoms with Crippen molar-refractivity contribution in [1.29, 1.82) is 0 Å². The highest BCUT2D eigenvalue weighted by atomic mass is 19.1. The lowest BCUT2D eigenvalue weighted by atomic mass is 9.75. The minimum atomic E-state index is -0.535. The number of fused-ring (bicyclic) bond motifs is 3. The molecule has 2 aromatic heterocycles. The summed E-state index contributed by atoms with van der Waals surface area (Å²) >= 11 is 0. The van der Waals surface area contributed by atoms with Crippen LogP contribution in [-0.4, -0.2) is 101 Å². The number of pyridine rings is 1. The predicted octanol–water partition coefficient (Wildman–Crippen LogP) is 5.79. The SMILES string of the molecule is CCc1cccc2cc(OCOC)cc(-c3ncc4c(NCC5(N(C)C)CCC5)nc(OC[C@]56CCCN5[C@@H](CO)CC6)nc4c3F)c12. The molecule has 0 bridgehead atoms. The van der Waals surface area contributed by atoms with Crippen LogP contribution in [0.2, 0.25) is 0 Å². The molecule has 4 heterocycles. The van der Waals surface area contributed by atoms with Crippen molar-refractivity contribution in [3.63, 3.8) is 0 Å². The molecule has 1 saturated carbocycles. The van der Waals surface area contributed by atoms with Gasteiger partial charge in [0.05, 0.1) is 17.5 Å². The Hall–Kier alpha value is -3.64. The Kier molecular flexibility index (Phi) is 9.14. The summed E-state index contributed by atoms with van der Waals surface area (Å²) in [4.78, 5) is 18.9. The number of methoxy groups -OCH3 is 1. The Bertz CT molecular complexity index is 1800. The third-order valence-electron chi connectivity index (χ3n) is 11.2. The molecule has 0 radical (unpaired) electrons. The van der Waals surface area contributed by atoms with Crippen molar-refractivity contribution in [2.45, 2.75) is 75.4 Å². The van der Waals surface area contributed by atoms with E-state index >= 15 is 4.39 Å². The zero-order valence-corrected chi connectivity index (χ0v) is 28.5. The first kappa shape index (κ1) is 32.9. The quantitative estimate of drug-likeness (QED) is 0.172. The maximum Gasteiger partial charge on any atom is 0.319 e. The van der Waals surface area contributed by atoms with Crippen LogP contribution in [-0.2, 0) is 11.2 Å². The molecule has 3 aliphatic rings. The zero-order chi connectivity index (χ0) is 33.5. The van der Waals surface area contributed by atoms with Gasteiger partial charge in [-0.1, -0.05) is 25.1 Å². The molecule has 1 aliphatic carbocycles. The Morgan fingerprint density at radius 2 is 1.96 bits per heavy atom. The van der Waals surface area contributed by atoms with Gasteiger partial charge in [0.2, 0.25) is 0 Å². The van der Waals surface area contributed by atoms with Gasteiger partial charge in [0.1, 0.15) is 29.4 Å². The minimum Gasteiger partial charge on any atom is -0.468 e. The van der Waals surface area contributed by atoms with Gasteiger partial charge in [-0.15, -0.1) is 0 Å². The fraction of sp³-hybridized carbons (Fsp3) is 0.541. The van der Waals surface area contributed by atoms with E-state index in [0.717, 1.165) is 67.8 Å². The van der Waals surface area contributed by atoms with Crippen molar-refractivity contribution in [2.24, 2.45) is 0 Å². The number of hydrogen-bond donors (Lipinski definition) is 2. The van der Waals surface area contributed by atoms with Gasteiger partial charge in [-0.2, -0.15) is 9.97 Å². The molecule has 11 heteroatoms. The number of nitrogens with one attached hydrogen (secondary N) is 1. The van der Waals surface area contributed by atoms with E-state index in [4.69, 9.17) is 29.2 Å². The van der Waals surface area contributed by atoms with Gasteiger partial charge in [0, 0.05) is 37.0 Å². The van der Waals surface area contributed by atoms with Gasteiger partial charge in [-0.25, -0.2) is 4.39 Å². The summed E-state index contributed by atoms with van der Waals surface area (Å²) in [6, 6.07) is 10.1. The molecule has 7 rings (SSSR count). The van der Waals surface area contributed by atoms with E-state index in [1.54, 1.807) is 13.3 Å². The highest BCUT2D eigenvalue weighted by Gasteiger charge is 2.49. The van der Waals surface area contributed by atoms with Crippen LogP contribution < -0.4 is 14.8 Å². The normalized spacial score (nSPS) is 21.9. The lowest BCUT2D eigenvalue weighted by Gasteiger charge is -2.47. The number of ether oxygens (including phenoxy) is 3. The van der Waals surface area contributed by atoms with Crippen molar-refractivity contribution < 1.29 is 23.7 Å². The van der Waals surface area contributed by atoms with Gasteiger partial charge >= 0.3 is 6.01 Å². The van der Waals surface area contributed by atoms with Crippen LogP contribution in [0, 0.1) is 5.82 Å². The largest absolute Gasteiger partial charge is 0.468 e. The molecular formula is C37H47FN6O4. The van der Waals surface area contributed by atoms with Crippen LogP contribution in [0.5, 0.6) is 11.8 Å². The summed E-state index contributed by atoms with van der Waals surface area (Å²) in [5.41, 5.74) is 1.91. The maximum atomic E-state index is 17.0. The Labute approximate surface area is 281 Å². The molecule has 10 nitrogen and oxygen atoms in total. The van der Waals surface area contributed by atoms with Crippen LogP contribution >= 0.6 is 0 Å². The second-order valence-electron chi connectivity index (χ2n) is 13.9. The Balaban J connectivity index is 1.32. The number of halogens is 1. The maximum absolute atomic E-state index is 17.0. The third-order valence-corrected chi connectivity index (χ3v) is 11.2. The van der Waals surface area contributed by atoms with Crippen molar-refractivity contribution >= 4 is 27.5 Å². The smallest absolute Gasteiger partial charge is 0.319 e. The zero-order valence-electron chi connectivity index (χ0n) is 28.5. The Morgan fingerprint density at radius 3 is 2.69 bits per heavy atom. The molecule has 48 heavy (non-hydrogen) atoms. The number of hydrogen-bond acceptors (Lipinski definition) is 10. The summed E-state index contributed by atoms with van der Waals surface area (Å²) in [7, 11) is 5.78. The number of aliphatic hydroxyl groups excluding tert-OH is 1. The molecule has 0 amide bonds. The van der Waals surface area contributed by atoms with Crippen LogP contribution in [0.1, 0.15) is 57.4 Å². The van der Waals surface area contributed by atoms with Gasteiger partial charge in [0.15, 0.2) is 12.6 Å². The monoisotopic (exact) mass is 658 g/mol. The van der Waals surface area contributed by atoms with Crippen molar-refractivity contribution in [1.82, 2.24) is 24.8 Å². The fourth-order valence-electron chi connectivity index (χ4n) is 8.21. The first-order valence-electron chi connectivity index (χ1n) is 17.3. The number of likely N-dealkylation sites (N-methyl/N-ethyl adjacent to an activating group) is 1. The lowest BCUT2D eigenvalue weighted by molar-refractivity contribution is 0.0512. The topological polar surface area (TPSA) is 105 Å². The number of aromatic nitrogens is 3. The second-order valence-corrected chi connectivity index (χ2v) is 13.9. The first-order valence-corrected chi connectivity index (χ1v) is 17.3. The third kappa shape index (κ3) is 5.74. The molecule has 2 saturated heterocycles. The van der Waals surface area contributed by atoms with Crippen LogP contribution in [0.15, 0.2) is 36.5 Å². The highest BCUT2D eigenvalue weighted by molar-refractivity contribution is 6.01. The number of aryl methyl sites for hydroxylation is 1. The van der Waals surface area contributed by atoms with Gasteiger partial charge in [-0.3, -0.25) is 9.88 Å². The van der Waals surface area contributed by atoms with Gasteiger partial charge in [-0.05, 0) is 100 Å². The van der Waals surface area contributed by atoms with Crippen molar-refractivity contribution in [2.75, 3.05) is 59.6 Å². The minimum absolute atomic E-state index is 0.00872. The first-order chi connectivity index (χ1) is 23.3. The molecule has 0 unspecified atom stereocenters. The van der Waals surface area contributed by atoms with E-state index in [9.17, 15) is 5.11 Å². The molecule has 2 atom stereocenters. The number of rotatable bonds is 13. The molecular weight excluding hydrogens is 611 g/mol. The summed E-state index contributed by atoms with van der Waals surface area (Å²) in [6.45, 7) is 4.29. The van der Waals surface area contributed by atoms with Gasteiger partial charge < -0.3 is 29.5 Å². The average molecular weight is 659 g/mol. The standard InChI is InChI=1S/C37H47FN6O4/c1-5-24-9-6-10-25-17-27(48-23-46-4)18-28(30(24)25)32-31(38)33-29(19-39-32)34(40-21-36(43(2)3)12-7-13-36)42-35(41-33)47-22-37-14-8-16-44(37)26(20-45)11-15-37/h6,9-10,17-19,26,45H,5,7-8,11-16,20-23H2,1-4H3,(H,40,41,42)/t26-,37-/m1/s1. The molecule has 2 aliphatic heterocycles. The van der Waals surface area contributed by atoms with E-state index in [1.165, 1.54) is 6.42 Å². The molecule has 3 fully saturated rings. The molecule has 4 aromatic rings. The van der Waals surface area contributed by atoms with Crippen LogP contribution in [0.4, 0.5) is 10.2 Å². The van der Waals surface area contributed by atoms with E-state index in [-0.39, 0.29) is 47.7 Å². The molecule has 2 N–H and O–H groups in total. The fourth-order valence-corrected chi connectivity index (χ4v) is 8.21. The second kappa shape index (κ2) is 13.3. The Morgan fingerprint density at radius 1 is 1.10 bits per heavy atom. The van der Waals surface area contributed by atoms with E-state index < -0.39 is 5.82 Å². The van der Waals surface area contributed by atoms with Crippen LogP contribution in [0.25, 0.3) is 32.9 Å². The summed E-state index contributed by atoms with van der Waals surface area (Å²) in [5, 5.41) is 15.9. The summed E-state index contributed by atoms with van der Waals surface area (Å²) in [6.07, 6.45) is 9.70. The number of benzene rings is 2. The lowest BCUT2D eigenvalue weighted by Crippen LogP contribution is -2.54. The average Bonchev–Trinajstić information content (AvgIpc) is 3.64. The highest BCUT2D eigenvalue weighted by Crippen LogP contribution is 2.43. The van der Waals surface area contributed by atoms with Crippen molar-refractivity contribution in [3.8, 4) is 23.0 Å². The van der Waals surface area contributed by atoms with E-state index in [0.29, 0.717) is 35.7 Å². The predicted molar refractivity (Wildman–Crippen MR) is 185 cm³/mol. The summed E-state index contributed by atoms with van der Waals surface area (Å²) < 4.78 is 34.5. The van der Waals surface area contributed by atoms with Crippen LogP contribution in [0.3, 0.4) is 0 Å². The van der Waals surface area contributed by atoms with E-state index in [1.807, 2.05) is 24.3 Å². The number of nitrogens with zero attached hydrogens (tertiary/aromatic N) is 5. The molecule has 2 aromatic carbocycles. The number of anilines is 1. The molecule has 256 valence electrons. The van der Waals surface area contributed by atoms with Gasteiger partial charge in [0.25, 0.3) is 0 Å². The van der Waals surface area contributed by atoms with Crippen molar-refractivity contribution in [3.05, 3.63) is 47.9 Å². The van der Waals surface area contributed by atoms with E-state index in [2.05, 4.69) is 42.2 Å². The molecule has 0 spiro atoms.